The number of methoxy groups -OCH3 is 1. The van der Waals surface area contributed by atoms with Crippen LogP contribution in [0, 0.1) is 0 Å². The third kappa shape index (κ3) is 6.17. The number of esters is 1. The lowest BCUT2D eigenvalue weighted by molar-refractivity contribution is -0.141. The standard InChI is InChI=1S/C24H24F3N3O4S/c1-14-19(22(32)34-11-10-33-3)20(29-23(35)30(14)2)15-6-5-9-18(13-15)28-21(31)16-7-4-8-17(12-16)24(25,26)27/h4-9,12-13,20H,10-11H2,1-3H3,(H,28,31)(H,29,35). The molecule has 35 heavy (non-hydrogen) atoms. The molecule has 2 N–H and O–H groups in total. The lowest BCUT2D eigenvalue weighted by Crippen LogP contribution is -2.46. The maximum atomic E-state index is 13.0. The summed E-state index contributed by atoms with van der Waals surface area (Å²) in [6, 6.07) is 10.1. The van der Waals surface area contributed by atoms with Crippen LogP contribution in [0.2, 0.25) is 0 Å². The van der Waals surface area contributed by atoms with E-state index in [1.54, 1.807) is 43.1 Å². The number of rotatable bonds is 7. The van der Waals surface area contributed by atoms with Crippen LogP contribution < -0.4 is 10.6 Å². The SMILES string of the molecule is COCCOC(=O)C1=C(C)N(C)C(=S)NC1c1cccc(NC(=O)c2cccc(C(F)(F)F)c2)c1. The zero-order valence-electron chi connectivity index (χ0n) is 19.2. The van der Waals surface area contributed by atoms with Crippen LogP contribution in [0.25, 0.3) is 0 Å². The predicted octanol–water partition coefficient (Wildman–Crippen LogP) is 4.28. The van der Waals surface area contributed by atoms with E-state index < -0.39 is 29.7 Å². The lowest BCUT2D eigenvalue weighted by atomic mass is 9.94. The van der Waals surface area contributed by atoms with Gasteiger partial charge in [-0.15, -0.1) is 0 Å². The van der Waals surface area contributed by atoms with E-state index in [0.717, 1.165) is 12.1 Å². The molecule has 1 atom stereocenters. The van der Waals surface area contributed by atoms with Crippen LogP contribution in [0.5, 0.6) is 0 Å². The smallest absolute Gasteiger partial charge is 0.416 e. The number of halogens is 3. The molecular formula is C24H24F3N3O4S. The fourth-order valence-electron chi connectivity index (χ4n) is 3.48. The van der Waals surface area contributed by atoms with E-state index in [1.165, 1.54) is 19.2 Å². The number of carbonyl (C=O) groups excluding carboxylic acids is 2. The van der Waals surface area contributed by atoms with Gasteiger partial charge in [0.25, 0.3) is 5.91 Å². The third-order valence-electron chi connectivity index (χ3n) is 5.42. The second kappa shape index (κ2) is 10.9. The molecule has 2 aromatic rings. The number of allylic oxidation sites excluding steroid dienone is 1. The van der Waals surface area contributed by atoms with Gasteiger partial charge in [-0.2, -0.15) is 13.2 Å². The molecular weight excluding hydrogens is 483 g/mol. The Morgan fingerprint density at radius 1 is 1.14 bits per heavy atom. The Kier molecular flexibility index (Phi) is 8.13. The van der Waals surface area contributed by atoms with Crippen LogP contribution in [0.1, 0.15) is 34.5 Å². The Balaban J connectivity index is 1.88. The molecule has 3 rings (SSSR count). The van der Waals surface area contributed by atoms with Crippen molar-refractivity contribution in [1.82, 2.24) is 10.2 Å². The Labute approximate surface area is 205 Å². The molecule has 7 nitrogen and oxygen atoms in total. The fraction of sp³-hybridized carbons (Fsp3) is 0.292. The number of nitrogens with one attached hydrogen (secondary N) is 2. The van der Waals surface area contributed by atoms with Gasteiger partial charge in [0.05, 0.1) is 23.8 Å². The van der Waals surface area contributed by atoms with Gasteiger partial charge in [-0.1, -0.05) is 18.2 Å². The van der Waals surface area contributed by atoms with E-state index in [9.17, 15) is 22.8 Å². The van der Waals surface area contributed by atoms with Gasteiger partial charge in [-0.05, 0) is 55.0 Å². The first-order chi connectivity index (χ1) is 16.5. The third-order valence-corrected chi connectivity index (χ3v) is 5.82. The summed E-state index contributed by atoms with van der Waals surface area (Å²) in [5, 5.41) is 6.10. The van der Waals surface area contributed by atoms with E-state index >= 15 is 0 Å². The molecule has 11 heteroatoms. The number of hydrogen-bond donors (Lipinski definition) is 2. The molecule has 1 unspecified atom stereocenters. The average molecular weight is 508 g/mol. The van der Waals surface area contributed by atoms with Crippen molar-refractivity contribution in [3.63, 3.8) is 0 Å². The van der Waals surface area contributed by atoms with Crippen molar-refractivity contribution in [2.45, 2.75) is 19.1 Å². The molecule has 0 fully saturated rings. The van der Waals surface area contributed by atoms with E-state index in [1.807, 2.05) is 0 Å². The first-order valence-corrected chi connectivity index (χ1v) is 10.9. The zero-order chi connectivity index (χ0) is 25.8. The Morgan fingerprint density at radius 2 is 1.86 bits per heavy atom. The number of benzene rings is 2. The number of ether oxygens (including phenoxy) is 2. The summed E-state index contributed by atoms with van der Waals surface area (Å²) in [7, 11) is 3.21. The zero-order valence-corrected chi connectivity index (χ0v) is 20.0. The van der Waals surface area contributed by atoms with Gasteiger partial charge in [0.15, 0.2) is 5.11 Å². The van der Waals surface area contributed by atoms with Gasteiger partial charge >= 0.3 is 12.1 Å². The second-order valence-electron chi connectivity index (χ2n) is 7.73. The Bertz CT molecular complexity index is 1170. The molecule has 1 heterocycles. The molecule has 2 aromatic carbocycles. The Hall–Kier alpha value is -3.44. The second-order valence-corrected chi connectivity index (χ2v) is 8.11. The topological polar surface area (TPSA) is 79.9 Å². The number of nitrogens with zero attached hydrogens (tertiary/aromatic N) is 1. The summed E-state index contributed by atoms with van der Waals surface area (Å²) in [5.41, 5.74) is 0.807. The van der Waals surface area contributed by atoms with Gasteiger partial charge < -0.3 is 25.0 Å². The van der Waals surface area contributed by atoms with Crippen LogP contribution >= 0.6 is 12.2 Å². The van der Waals surface area contributed by atoms with Crippen LogP contribution in [0.3, 0.4) is 0 Å². The van der Waals surface area contributed by atoms with Crippen molar-refractivity contribution in [2.24, 2.45) is 0 Å². The highest BCUT2D eigenvalue weighted by atomic mass is 32.1. The van der Waals surface area contributed by atoms with E-state index in [-0.39, 0.29) is 18.8 Å². The largest absolute Gasteiger partial charge is 0.460 e. The summed E-state index contributed by atoms with van der Waals surface area (Å²) < 4.78 is 49.3. The molecule has 1 aliphatic rings. The number of anilines is 1. The lowest BCUT2D eigenvalue weighted by Gasteiger charge is -2.35. The minimum absolute atomic E-state index is 0.0695. The fourth-order valence-corrected chi connectivity index (χ4v) is 3.74. The van der Waals surface area contributed by atoms with Crippen molar-refractivity contribution in [3.05, 3.63) is 76.5 Å². The minimum Gasteiger partial charge on any atom is -0.460 e. The highest BCUT2D eigenvalue weighted by molar-refractivity contribution is 7.80. The normalized spacial score (nSPS) is 16.1. The number of carbonyl (C=O) groups is 2. The average Bonchev–Trinajstić information content (AvgIpc) is 2.82. The minimum atomic E-state index is -4.56. The summed E-state index contributed by atoms with van der Waals surface area (Å²) in [6.07, 6.45) is -4.56. The van der Waals surface area contributed by atoms with Crippen LogP contribution in [-0.4, -0.2) is 49.3 Å². The van der Waals surface area contributed by atoms with Gasteiger partial charge in [0.1, 0.15) is 6.61 Å². The number of amides is 1. The van der Waals surface area contributed by atoms with Crippen molar-refractivity contribution in [3.8, 4) is 0 Å². The van der Waals surface area contributed by atoms with Crippen molar-refractivity contribution >= 4 is 34.9 Å². The van der Waals surface area contributed by atoms with E-state index in [4.69, 9.17) is 21.7 Å². The number of hydrogen-bond acceptors (Lipinski definition) is 5. The van der Waals surface area contributed by atoms with Crippen LogP contribution in [0.4, 0.5) is 18.9 Å². The summed E-state index contributed by atoms with van der Waals surface area (Å²) in [4.78, 5) is 27.2. The molecule has 0 saturated heterocycles. The van der Waals surface area contributed by atoms with Crippen LogP contribution in [-0.2, 0) is 20.4 Å². The highest BCUT2D eigenvalue weighted by Gasteiger charge is 2.34. The molecule has 0 spiro atoms. The molecule has 0 saturated carbocycles. The van der Waals surface area contributed by atoms with Gasteiger partial charge in [0.2, 0.25) is 0 Å². The van der Waals surface area contributed by atoms with Crippen molar-refractivity contribution in [1.29, 1.82) is 0 Å². The monoisotopic (exact) mass is 507 g/mol. The quantitative estimate of drug-likeness (QED) is 0.329. The molecule has 186 valence electrons. The van der Waals surface area contributed by atoms with Crippen LogP contribution in [0.15, 0.2) is 59.8 Å². The number of thiocarbonyl (C=S) groups is 1. The summed E-state index contributed by atoms with van der Waals surface area (Å²) >= 11 is 5.38. The van der Waals surface area contributed by atoms with Gasteiger partial charge in [0, 0.05) is 31.1 Å². The predicted molar refractivity (Wildman–Crippen MR) is 128 cm³/mol. The molecule has 0 radical (unpaired) electrons. The van der Waals surface area contributed by atoms with Gasteiger partial charge in [-0.3, -0.25) is 4.79 Å². The van der Waals surface area contributed by atoms with E-state index in [0.29, 0.717) is 27.6 Å². The number of alkyl halides is 3. The molecule has 1 amide bonds. The molecule has 0 bridgehead atoms. The van der Waals surface area contributed by atoms with Gasteiger partial charge in [-0.25, -0.2) is 4.79 Å². The maximum absolute atomic E-state index is 13.0. The van der Waals surface area contributed by atoms with E-state index in [2.05, 4.69) is 10.6 Å². The summed E-state index contributed by atoms with van der Waals surface area (Å²) in [5.74, 6) is -1.25. The molecule has 1 aliphatic heterocycles. The van der Waals surface area contributed by atoms with Crippen molar-refractivity contribution in [2.75, 3.05) is 32.7 Å². The molecule has 0 aliphatic carbocycles. The Morgan fingerprint density at radius 3 is 2.54 bits per heavy atom. The maximum Gasteiger partial charge on any atom is 0.416 e. The van der Waals surface area contributed by atoms with Crippen molar-refractivity contribution < 1.29 is 32.2 Å². The highest BCUT2D eigenvalue weighted by Crippen LogP contribution is 2.32. The first kappa shape index (κ1) is 26.2. The summed E-state index contributed by atoms with van der Waals surface area (Å²) in [6.45, 7) is 2.05. The first-order valence-electron chi connectivity index (χ1n) is 10.5. The molecule has 0 aromatic heterocycles.